The van der Waals surface area contributed by atoms with Gasteiger partial charge < -0.3 is 10.1 Å². The van der Waals surface area contributed by atoms with Crippen LogP contribution in [-0.4, -0.2) is 4.92 Å². The van der Waals surface area contributed by atoms with Crippen molar-refractivity contribution in [1.29, 1.82) is 0 Å². The van der Waals surface area contributed by atoms with Gasteiger partial charge in [-0.1, -0.05) is 24.3 Å². The highest BCUT2D eigenvalue weighted by Gasteiger charge is 2.19. The van der Waals surface area contributed by atoms with Crippen molar-refractivity contribution in [3.63, 3.8) is 0 Å². The predicted molar refractivity (Wildman–Crippen MR) is 88.3 cm³/mol. The standard InChI is InChI=1S/C18H12N2O3/c21-20(22)13-10-8-12(9-11-13)14-4-3-7-17-18(14)19-15-5-1-2-6-16(15)23-17/h1-11,19H. The van der Waals surface area contributed by atoms with Crippen LogP contribution in [0.4, 0.5) is 17.1 Å². The third-order valence-electron chi connectivity index (χ3n) is 3.78. The van der Waals surface area contributed by atoms with Crippen LogP contribution in [-0.2, 0) is 0 Å². The molecule has 0 radical (unpaired) electrons. The van der Waals surface area contributed by atoms with Gasteiger partial charge in [-0.05, 0) is 35.9 Å². The minimum absolute atomic E-state index is 0.0769. The van der Waals surface area contributed by atoms with E-state index in [4.69, 9.17) is 4.74 Å². The molecule has 1 aliphatic heterocycles. The van der Waals surface area contributed by atoms with Gasteiger partial charge in [0.15, 0.2) is 11.5 Å². The average Bonchev–Trinajstić information content (AvgIpc) is 2.59. The number of nitro benzene ring substituents is 1. The summed E-state index contributed by atoms with van der Waals surface area (Å²) in [6, 6.07) is 20.0. The second kappa shape index (κ2) is 5.14. The molecule has 0 unspecified atom stereocenters. The Bertz CT molecular complexity index is 904. The maximum Gasteiger partial charge on any atom is 0.269 e. The SMILES string of the molecule is O=[N+]([O-])c1ccc(-c2cccc3c2Nc2ccccc2O3)cc1. The fourth-order valence-electron chi connectivity index (χ4n) is 2.66. The van der Waals surface area contributed by atoms with Crippen molar-refractivity contribution < 1.29 is 9.66 Å². The minimum Gasteiger partial charge on any atom is -0.453 e. The summed E-state index contributed by atoms with van der Waals surface area (Å²) in [5.74, 6) is 1.51. The molecule has 0 saturated carbocycles. The lowest BCUT2D eigenvalue weighted by Crippen LogP contribution is -2.03. The largest absolute Gasteiger partial charge is 0.453 e. The molecular weight excluding hydrogens is 292 g/mol. The third kappa shape index (κ3) is 2.28. The molecule has 1 aliphatic rings. The van der Waals surface area contributed by atoms with E-state index in [1.807, 2.05) is 42.5 Å². The molecule has 0 atom stereocenters. The molecule has 112 valence electrons. The zero-order chi connectivity index (χ0) is 15.8. The van der Waals surface area contributed by atoms with E-state index in [-0.39, 0.29) is 5.69 Å². The number of para-hydroxylation sites is 3. The molecule has 0 amide bonds. The summed E-state index contributed by atoms with van der Waals surface area (Å²) < 4.78 is 5.93. The van der Waals surface area contributed by atoms with E-state index in [9.17, 15) is 10.1 Å². The van der Waals surface area contributed by atoms with Gasteiger partial charge in [-0.3, -0.25) is 10.1 Å². The van der Waals surface area contributed by atoms with Crippen molar-refractivity contribution in [2.75, 3.05) is 5.32 Å². The Morgan fingerprint density at radius 3 is 2.39 bits per heavy atom. The second-order valence-corrected chi connectivity index (χ2v) is 5.21. The summed E-state index contributed by atoms with van der Waals surface area (Å²) in [7, 11) is 0. The number of rotatable bonds is 2. The first-order valence-electron chi connectivity index (χ1n) is 7.14. The number of ether oxygens (including phenoxy) is 1. The van der Waals surface area contributed by atoms with E-state index >= 15 is 0 Å². The monoisotopic (exact) mass is 304 g/mol. The molecule has 3 aromatic carbocycles. The molecule has 0 aliphatic carbocycles. The van der Waals surface area contributed by atoms with Crippen LogP contribution in [0.1, 0.15) is 0 Å². The zero-order valence-electron chi connectivity index (χ0n) is 12.0. The number of hydrogen-bond donors (Lipinski definition) is 1. The van der Waals surface area contributed by atoms with Gasteiger partial charge in [0.2, 0.25) is 0 Å². The molecule has 0 spiro atoms. The molecule has 0 saturated heterocycles. The lowest BCUT2D eigenvalue weighted by Gasteiger charge is -2.24. The summed E-state index contributed by atoms with van der Waals surface area (Å²) in [6.07, 6.45) is 0. The number of fused-ring (bicyclic) bond motifs is 2. The summed E-state index contributed by atoms with van der Waals surface area (Å²) in [4.78, 5) is 10.4. The highest BCUT2D eigenvalue weighted by molar-refractivity contribution is 5.88. The van der Waals surface area contributed by atoms with Gasteiger partial charge in [0, 0.05) is 17.7 Å². The van der Waals surface area contributed by atoms with Crippen molar-refractivity contribution in [2.24, 2.45) is 0 Å². The quantitative estimate of drug-likeness (QED) is 0.413. The summed E-state index contributed by atoms with van der Waals surface area (Å²) in [6.45, 7) is 0. The first-order valence-corrected chi connectivity index (χ1v) is 7.14. The Morgan fingerprint density at radius 2 is 1.61 bits per heavy atom. The minimum atomic E-state index is -0.401. The molecule has 3 aromatic rings. The molecule has 1 N–H and O–H groups in total. The highest BCUT2D eigenvalue weighted by atomic mass is 16.6. The number of nitrogens with zero attached hydrogens (tertiary/aromatic N) is 1. The molecular formula is C18H12N2O3. The fraction of sp³-hybridized carbons (Fsp3) is 0. The Balaban J connectivity index is 1.79. The van der Waals surface area contributed by atoms with Gasteiger partial charge in [-0.25, -0.2) is 0 Å². The van der Waals surface area contributed by atoms with E-state index in [0.29, 0.717) is 0 Å². The lowest BCUT2D eigenvalue weighted by molar-refractivity contribution is -0.384. The Hall–Kier alpha value is -3.34. The van der Waals surface area contributed by atoms with E-state index in [0.717, 1.165) is 34.0 Å². The van der Waals surface area contributed by atoms with E-state index in [1.54, 1.807) is 12.1 Å². The van der Waals surface area contributed by atoms with E-state index in [1.165, 1.54) is 12.1 Å². The van der Waals surface area contributed by atoms with Crippen molar-refractivity contribution in [2.45, 2.75) is 0 Å². The Kier molecular flexibility index (Phi) is 2.98. The highest BCUT2D eigenvalue weighted by Crippen LogP contribution is 2.46. The summed E-state index contributed by atoms with van der Waals surface area (Å²) in [5.41, 5.74) is 3.66. The summed E-state index contributed by atoms with van der Waals surface area (Å²) >= 11 is 0. The van der Waals surface area contributed by atoms with Crippen LogP contribution in [0.5, 0.6) is 11.5 Å². The fourth-order valence-corrected chi connectivity index (χ4v) is 2.66. The predicted octanol–water partition coefficient (Wildman–Crippen LogP) is 5.11. The first-order chi connectivity index (χ1) is 11.2. The normalized spacial score (nSPS) is 11.7. The van der Waals surface area contributed by atoms with Gasteiger partial charge in [0.25, 0.3) is 5.69 Å². The topological polar surface area (TPSA) is 64.4 Å². The van der Waals surface area contributed by atoms with Crippen LogP contribution in [0.3, 0.4) is 0 Å². The van der Waals surface area contributed by atoms with Crippen molar-refractivity contribution in [3.05, 3.63) is 76.8 Å². The Labute approximate surface area is 132 Å². The van der Waals surface area contributed by atoms with Gasteiger partial charge in [-0.2, -0.15) is 0 Å². The van der Waals surface area contributed by atoms with Crippen LogP contribution >= 0.6 is 0 Å². The van der Waals surface area contributed by atoms with Gasteiger partial charge in [-0.15, -0.1) is 0 Å². The van der Waals surface area contributed by atoms with Gasteiger partial charge in [0.05, 0.1) is 16.3 Å². The smallest absolute Gasteiger partial charge is 0.269 e. The molecule has 1 heterocycles. The van der Waals surface area contributed by atoms with Crippen LogP contribution < -0.4 is 10.1 Å². The molecule has 5 heteroatoms. The van der Waals surface area contributed by atoms with Crippen LogP contribution in [0.2, 0.25) is 0 Å². The van der Waals surface area contributed by atoms with Crippen LogP contribution in [0.25, 0.3) is 11.1 Å². The second-order valence-electron chi connectivity index (χ2n) is 5.21. The first kappa shape index (κ1) is 13.3. The molecule has 23 heavy (non-hydrogen) atoms. The van der Waals surface area contributed by atoms with Crippen molar-refractivity contribution >= 4 is 17.1 Å². The Morgan fingerprint density at radius 1 is 0.870 bits per heavy atom. The number of benzene rings is 3. The average molecular weight is 304 g/mol. The van der Waals surface area contributed by atoms with Gasteiger partial charge in [0.1, 0.15) is 0 Å². The number of nitro groups is 1. The molecule has 0 fully saturated rings. The van der Waals surface area contributed by atoms with E-state index < -0.39 is 4.92 Å². The molecule has 5 nitrogen and oxygen atoms in total. The van der Waals surface area contributed by atoms with Gasteiger partial charge >= 0.3 is 0 Å². The molecule has 0 aromatic heterocycles. The lowest BCUT2D eigenvalue weighted by atomic mass is 10.0. The summed E-state index contributed by atoms with van der Waals surface area (Å²) in [5, 5.41) is 14.2. The molecule has 4 rings (SSSR count). The van der Waals surface area contributed by atoms with Crippen molar-refractivity contribution in [3.8, 4) is 22.6 Å². The number of nitrogens with one attached hydrogen (secondary N) is 1. The van der Waals surface area contributed by atoms with Crippen LogP contribution in [0.15, 0.2) is 66.7 Å². The van der Waals surface area contributed by atoms with Crippen LogP contribution in [0, 0.1) is 10.1 Å². The third-order valence-corrected chi connectivity index (χ3v) is 3.78. The van der Waals surface area contributed by atoms with E-state index in [2.05, 4.69) is 5.32 Å². The molecule has 0 bridgehead atoms. The number of non-ortho nitro benzene ring substituents is 1. The van der Waals surface area contributed by atoms with Crippen molar-refractivity contribution in [1.82, 2.24) is 0 Å². The maximum atomic E-state index is 10.8. The number of anilines is 2. The number of hydrogen-bond acceptors (Lipinski definition) is 4. The maximum absolute atomic E-state index is 10.8. The zero-order valence-corrected chi connectivity index (χ0v) is 12.0.